The summed E-state index contributed by atoms with van der Waals surface area (Å²) in [5, 5.41) is 3.08. The standard InChI is InChI=1S/C21H27N5O2/c1-25(2)18-16(14-22-20(24-18)26-12-6-7-13-26)23-19(27)21(10-11-21)15-8-4-5-9-17(15)28-3/h4-5,8-9,14H,6-7,10-13H2,1-3H3,(H,23,27). The van der Waals surface area contributed by atoms with Gasteiger partial charge in [0, 0.05) is 32.7 Å². The van der Waals surface area contributed by atoms with E-state index < -0.39 is 5.41 Å². The van der Waals surface area contributed by atoms with Crippen LogP contribution in [-0.4, -0.2) is 50.2 Å². The van der Waals surface area contributed by atoms with E-state index in [1.807, 2.05) is 43.3 Å². The van der Waals surface area contributed by atoms with Gasteiger partial charge in [-0.1, -0.05) is 18.2 Å². The number of hydrogen-bond acceptors (Lipinski definition) is 6. The van der Waals surface area contributed by atoms with Crippen molar-refractivity contribution >= 4 is 23.4 Å². The number of ether oxygens (including phenoxy) is 1. The molecular weight excluding hydrogens is 354 g/mol. The lowest BCUT2D eigenvalue weighted by molar-refractivity contribution is -0.118. The van der Waals surface area contributed by atoms with Crippen molar-refractivity contribution in [2.75, 3.05) is 49.4 Å². The summed E-state index contributed by atoms with van der Waals surface area (Å²) < 4.78 is 5.49. The molecule has 4 rings (SSSR count). The van der Waals surface area contributed by atoms with Gasteiger partial charge in [0.25, 0.3) is 0 Å². The second kappa shape index (κ2) is 7.30. The summed E-state index contributed by atoms with van der Waals surface area (Å²) in [5.41, 5.74) is 1.04. The molecule has 0 unspecified atom stereocenters. The highest BCUT2D eigenvalue weighted by Crippen LogP contribution is 2.52. The number of aromatic nitrogens is 2. The van der Waals surface area contributed by atoms with Crippen molar-refractivity contribution in [3.05, 3.63) is 36.0 Å². The average Bonchev–Trinajstić information content (AvgIpc) is 3.34. The van der Waals surface area contributed by atoms with E-state index in [1.165, 1.54) is 12.8 Å². The number of carbonyl (C=O) groups is 1. The molecule has 1 N–H and O–H groups in total. The highest BCUT2D eigenvalue weighted by atomic mass is 16.5. The van der Waals surface area contributed by atoms with E-state index >= 15 is 0 Å². The lowest BCUT2D eigenvalue weighted by Crippen LogP contribution is -2.30. The van der Waals surface area contributed by atoms with Crippen LogP contribution in [0.5, 0.6) is 5.75 Å². The van der Waals surface area contributed by atoms with Crippen molar-refractivity contribution in [2.24, 2.45) is 0 Å². The van der Waals surface area contributed by atoms with Gasteiger partial charge in [0.05, 0.1) is 18.7 Å². The molecular formula is C21H27N5O2. The fourth-order valence-corrected chi connectivity index (χ4v) is 3.89. The number of carbonyl (C=O) groups excluding carboxylic acids is 1. The first kappa shape index (κ1) is 18.5. The van der Waals surface area contributed by atoms with E-state index in [2.05, 4.69) is 15.2 Å². The number of hydrogen-bond donors (Lipinski definition) is 1. The van der Waals surface area contributed by atoms with Gasteiger partial charge in [-0.15, -0.1) is 0 Å². The number of benzene rings is 1. The number of anilines is 3. The van der Waals surface area contributed by atoms with E-state index in [-0.39, 0.29) is 5.91 Å². The number of para-hydroxylation sites is 1. The van der Waals surface area contributed by atoms with Gasteiger partial charge in [-0.3, -0.25) is 4.79 Å². The van der Waals surface area contributed by atoms with Crippen LogP contribution >= 0.6 is 0 Å². The maximum atomic E-state index is 13.2. The van der Waals surface area contributed by atoms with Crippen LogP contribution in [0.25, 0.3) is 0 Å². The third-order valence-corrected chi connectivity index (χ3v) is 5.62. The Labute approximate surface area is 165 Å². The smallest absolute Gasteiger partial charge is 0.235 e. The summed E-state index contributed by atoms with van der Waals surface area (Å²) in [7, 11) is 5.50. The zero-order valence-electron chi connectivity index (χ0n) is 16.7. The van der Waals surface area contributed by atoms with Gasteiger partial charge in [-0.2, -0.15) is 4.98 Å². The van der Waals surface area contributed by atoms with Gasteiger partial charge in [0.2, 0.25) is 11.9 Å². The quantitative estimate of drug-likeness (QED) is 0.830. The van der Waals surface area contributed by atoms with Gasteiger partial charge in [-0.05, 0) is 31.7 Å². The Morgan fingerprint density at radius 3 is 2.57 bits per heavy atom. The first-order valence-electron chi connectivity index (χ1n) is 9.79. The molecule has 0 spiro atoms. The third kappa shape index (κ3) is 3.25. The molecule has 1 aliphatic carbocycles. The molecule has 2 heterocycles. The minimum absolute atomic E-state index is 0.0300. The summed E-state index contributed by atoms with van der Waals surface area (Å²) >= 11 is 0. The Morgan fingerprint density at radius 1 is 1.21 bits per heavy atom. The molecule has 2 aliphatic rings. The van der Waals surface area contributed by atoms with Crippen molar-refractivity contribution in [1.29, 1.82) is 0 Å². The molecule has 1 saturated heterocycles. The molecule has 7 nitrogen and oxygen atoms in total. The second-order valence-corrected chi connectivity index (χ2v) is 7.73. The van der Waals surface area contributed by atoms with E-state index in [0.29, 0.717) is 5.69 Å². The molecule has 0 radical (unpaired) electrons. The summed E-state index contributed by atoms with van der Waals surface area (Å²) in [6.45, 7) is 1.96. The molecule has 2 fully saturated rings. The van der Waals surface area contributed by atoms with Gasteiger partial charge >= 0.3 is 0 Å². The Morgan fingerprint density at radius 2 is 1.93 bits per heavy atom. The Bertz CT molecular complexity index is 873. The van der Waals surface area contributed by atoms with Crippen molar-refractivity contribution in [3.63, 3.8) is 0 Å². The van der Waals surface area contributed by atoms with E-state index in [1.54, 1.807) is 13.3 Å². The molecule has 0 bridgehead atoms. The number of amides is 1. The van der Waals surface area contributed by atoms with E-state index in [0.717, 1.165) is 49.0 Å². The zero-order valence-corrected chi connectivity index (χ0v) is 16.7. The van der Waals surface area contributed by atoms with Crippen molar-refractivity contribution < 1.29 is 9.53 Å². The Balaban J connectivity index is 1.60. The maximum Gasteiger partial charge on any atom is 0.235 e. The van der Waals surface area contributed by atoms with E-state index in [9.17, 15) is 4.79 Å². The highest BCUT2D eigenvalue weighted by Gasteiger charge is 2.53. The summed E-state index contributed by atoms with van der Waals surface area (Å²) in [5.74, 6) is 2.17. The highest BCUT2D eigenvalue weighted by molar-refractivity contribution is 6.03. The van der Waals surface area contributed by atoms with Crippen LogP contribution < -0.4 is 19.9 Å². The first-order valence-corrected chi connectivity index (χ1v) is 9.79. The normalized spacial score (nSPS) is 17.3. The van der Waals surface area contributed by atoms with Crippen LogP contribution in [0.4, 0.5) is 17.5 Å². The Hall–Kier alpha value is -2.83. The minimum Gasteiger partial charge on any atom is -0.496 e. The second-order valence-electron chi connectivity index (χ2n) is 7.73. The molecule has 0 atom stereocenters. The fourth-order valence-electron chi connectivity index (χ4n) is 3.89. The van der Waals surface area contributed by atoms with Crippen LogP contribution in [0.1, 0.15) is 31.2 Å². The van der Waals surface area contributed by atoms with Gasteiger partial charge in [-0.25, -0.2) is 4.98 Å². The molecule has 1 aromatic heterocycles. The number of rotatable bonds is 6. The molecule has 1 saturated carbocycles. The van der Waals surface area contributed by atoms with Gasteiger partial charge in [0.15, 0.2) is 5.82 Å². The van der Waals surface area contributed by atoms with Crippen molar-refractivity contribution in [3.8, 4) is 5.75 Å². The number of nitrogens with one attached hydrogen (secondary N) is 1. The van der Waals surface area contributed by atoms with Gasteiger partial charge < -0.3 is 19.9 Å². The lowest BCUT2D eigenvalue weighted by Gasteiger charge is -2.23. The van der Waals surface area contributed by atoms with Crippen LogP contribution in [0.15, 0.2) is 30.5 Å². The number of methoxy groups -OCH3 is 1. The molecule has 1 amide bonds. The predicted molar refractivity (Wildman–Crippen MR) is 110 cm³/mol. The molecule has 148 valence electrons. The topological polar surface area (TPSA) is 70.6 Å². The molecule has 28 heavy (non-hydrogen) atoms. The summed E-state index contributed by atoms with van der Waals surface area (Å²) in [6, 6.07) is 7.75. The first-order chi connectivity index (χ1) is 13.5. The largest absolute Gasteiger partial charge is 0.496 e. The number of nitrogens with zero attached hydrogens (tertiary/aromatic N) is 4. The zero-order chi connectivity index (χ0) is 19.7. The maximum absolute atomic E-state index is 13.2. The Kier molecular flexibility index (Phi) is 4.83. The van der Waals surface area contributed by atoms with Crippen molar-refractivity contribution in [1.82, 2.24) is 9.97 Å². The van der Waals surface area contributed by atoms with Crippen LogP contribution in [0, 0.1) is 0 Å². The SMILES string of the molecule is COc1ccccc1C1(C(=O)Nc2cnc(N3CCCC3)nc2N(C)C)CC1. The predicted octanol–water partition coefficient (Wildman–Crippen LogP) is 2.82. The molecule has 1 aromatic carbocycles. The van der Waals surface area contributed by atoms with Crippen LogP contribution in [0.3, 0.4) is 0 Å². The van der Waals surface area contributed by atoms with Gasteiger partial charge in [0.1, 0.15) is 11.4 Å². The lowest BCUT2D eigenvalue weighted by atomic mass is 9.94. The third-order valence-electron chi connectivity index (χ3n) is 5.62. The fraction of sp³-hybridized carbons (Fsp3) is 0.476. The molecule has 7 heteroatoms. The summed E-state index contributed by atoms with van der Waals surface area (Å²) in [6.07, 6.45) is 5.68. The molecule has 2 aromatic rings. The monoisotopic (exact) mass is 381 g/mol. The molecule has 1 aliphatic heterocycles. The average molecular weight is 381 g/mol. The van der Waals surface area contributed by atoms with Crippen LogP contribution in [0.2, 0.25) is 0 Å². The minimum atomic E-state index is -0.538. The van der Waals surface area contributed by atoms with E-state index in [4.69, 9.17) is 9.72 Å². The van der Waals surface area contributed by atoms with Crippen LogP contribution in [-0.2, 0) is 10.2 Å². The summed E-state index contributed by atoms with van der Waals surface area (Å²) in [4.78, 5) is 26.6. The van der Waals surface area contributed by atoms with Crippen molar-refractivity contribution in [2.45, 2.75) is 31.1 Å².